The number of anilines is 2. The molecule has 0 radical (unpaired) electrons. The van der Waals surface area contributed by atoms with Gasteiger partial charge in [0.25, 0.3) is 0 Å². The van der Waals surface area contributed by atoms with Gasteiger partial charge < -0.3 is 10.6 Å². The fourth-order valence-corrected chi connectivity index (χ4v) is 3.35. The van der Waals surface area contributed by atoms with Crippen LogP contribution in [0, 0.1) is 5.82 Å². The molecule has 0 aromatic heterocycles. The lowest BCUT2D eigenvalue weighted by Gasteiger charge is -2.37. The quantitative estimate of drug-likeness (QED) is 0.756. The maximum absolute atomic E-state index is 13.2. The van der Waals surface area contributed by atoms with Gasteiger partial charge in [-0.25, -0.2) is 4.39 Å². The molecule has 1 fully saturated rings. The highest BCUT2D eigenvalue weighted by molar-refractivity contribution is 6.30. The number of amides is 2. The smallest absolute Gasteiger partial charge is 0.241 e. The van der Waals surface area contributed by atoms with Gasteiger partial charge >= 0.3 is 0 Å². The number of carbonyl (C=O) groups excluding carboxylic acids is 2. The summed E-state index contributed by atoms with van der Waals surface area (Å²) in [5.74, 6) is -0.649. The Balaban J connectivity index is 1.43. The average Bonchev–Trinajstić information content (AvgIpc) is 2.69. The predicted octanol–water partition coefficient (Wildman–Crippen LogP) is 3.06. The molecule has 0 bridgehead atoms. The van der Waals surface area contributed by atoms with Gasteiger partial charge in [-0.3, -0.25) is 19.4 Å². The van der Waals surface area contributed by atoms with Crippen LogP contribution in [-0.4, -0.2) is 60.4 Å². The largest absolute Gasteiger partial charge is 0.325 e. The molecular formula is C21H24ClFN4O2. The van der Waals surface area contributed by atoms with Crippen LogP contribution in [0.2, 0.25) is 5.02 Å². The lowest BCUT2D eigenvalue weighted by molar-refractivity contribution is -0.122. The van der Waals surface area contributed by atoms with E-state index in [9.17, 15) is 14.0 Å². The molecule has 2 aromatic carbocycles. The molecule has 1 atom stereocenters. The monoisotopic (exact) mass is 418 g/mol. The Morgan fingerprint density at radius 2 is 1.72 bits per heavy atom. The molecule has 0 unspecified atom stereocenters. The first-order valence-electron chi connectivity index (χ1n) is 9.49. The van der Waals surface area contributed by atoms with Gasteiger partial charge in [0.05, 0.1) is 12.6 Å². The summed E-state index contributed by atoms with van der Waals surface area (Å²) in [4.78, 5) is 28.8. The number of benzene rings is 2. The van der Waals surface area contributed by atoms with Crippen molar-refractivity contribution in [3.8, 4) is 0 Å². The predicted molar refractivity (Wildman–Crippen MR) is 113 cm³/mol. The third-order valence-electron chi connectivity index (χ3n) is 4.92. The van der Waals surface area contributed by atoms with Crippen molar-refractivity contribution < 1.29 is 14.0 Å². The van der Waals surface area contributed by atoms with Crippen molar-refractivity contribution in [1.82, 2.24) is 9.80 Å². The van der Waals surface area contributed by atoms with Gasteiger partial charge in [-0.05, 0) is 49.4 Å². The molecule has 0 aliphatic carbocycles. The zero-order chi connectivity index (χ0) is 20.8. The number of carbonyl (C=O) groups is 2. The summed E-state index contributed by atoms with van der Waals surface area (Å²) >= 11 is 5.86. The van der Waals surface area contributed by atoms with Gasteiger partial charge in [-0.15, -0.1) is 0 Å². The molecule has 154 valence electrons. The topological polar surface area (TPSA) is 64.7 Å². The Morgan fingerprint density at radius 1 is 1.03 bits per heavy atom. The fraction of sp³-hybridized carbons (Fsp3) is 0.333. The molecule has 1 heterocycles. The second-order valence-electron chi connectivity index (χ2n) is 7.04. The van der Waals surface area contributed by atoms with E-state index in [-0.39, 0.29) is 30.2 Å². The summed E-state index contributed by atoms with van der Waals surface area (Å²) in [6, 6.07) is 12.5. The Kier molecular flexibility index (Phi) is 7.19. The molecule has 29 heavy (non-hydrogen) atoms. The van der Waals surface area contributed by atoms with Crippen molar-refractivity contribution in [2.24, 2.45) is 0 Å². The summed E-state index contributed by atoms with van der Waals surface area (Å²) in [7, 11) is 0. The highest BCUT2D eigenvalue weighted by Crippen LogP contribution is 2.15. The standard InChI is InChI=1S/C21H24ClFN4O2/c1-15(21(29)25-18-7-5-16(22)6-8-18)27-11-9-26(10-12-27)14-20(28)24-19-4-2-3-17(23)13-19/h2-8,13,15H,9-12,14H2,1H3,(H,24,28)(H,25,29)/t15-/m0/s1. The molecule has 1 aliphatic rings. The summed E-state index contributed by atoms with van der Waals surface area (Å²) in [6.45, 7) is 4.82. The molecule has 0 saturated carbocycles. The van der Waals surface area contributed by atoms with Gasteiger partial charge in [-0.2, -0.15) is 0 Å². The van der Waals surface area contributed by atoms with Crippen molar-refractivity contribution in [3.05, 3.63) is 59.4 Å². The van der Waals surface area contributed by atoms with Crippen LogP contribution in [0.1, 0.15) is 6.92 Å². The Bertz CT molecular complexity index is 854. The number of nitrogens with one attached hydrogen (secondary N) is 2. The zero-order valence-corrected chi connectivity index (χ0v) is 17.0. The SMILES string of the molecule is C[C@@H](C(=O)Nc1ccc(Cl)cc1)N1CCN(CC(=O)Nc2cccc(F)c2)CC1. The van der Waals surface area contributed by atoms with Crippen molar-refractivity contribution in [2.45, 2.75) is 13.0 Å². The Labute approximate surface area is 174 Å². The van der Waals surface area contributed by atoms with Crippen LogP contribution in [-0.2, 0) is 9.59 Å². The lowest BCUT2D eigenvalue weighted by Crippen LogP contribution is -2.53. The summed E-state index contributed by atoms with van der Waals surface area (Å²) in [5, 5.41) is 6.22. The van der Waals surface area contributed by atoms with Gasteiger partial charge in [0.1, 0.15) is 5.82 Å². The van der Waals surface area contributed by atoms with Crippen molar-refractivity contribution >= 4 is 34.8 Å². The van der Waals surface area contributed by atoms with Crippen LogP contribution in [0.15, 0.2) is 48.5 Å². The summed E-state index contributed by atoms with van der Waals surface area (Å²) < 4.78 is 13.2. The van der Waals surface area contributed by atoms with E-state index >= 15 is 0 Å². The third-order valence-corrected chi connectivity index (χ3v) is 5.17. The molecule has 1 saturated heterocycles. The highest BCUT2D eigenvalue weighted by Gasteiger charge is 2.26. The van der Waals surface area contributed by atoms with Crippen LogP contribution < -0.4 is 10.6 Å². The number of halogens is 2. The van der Waals surface area contributed by atoms with E-state index in [1.807, 2.05) is 11.8 Å². The number of nitrogens with zero attached hydrogens (tertiary/aromatic N) is 2. The van der Waals surface area contributed by atoms with Crippen LogP contribution in [0.25, 0.3) is 0 Å². The maximum atomic E-state index is 13.2. The number of piperazine rings is 1. The molecule has 1 aliphatic heterocycles. The van der Waals surface area contributed by atoms with E-state index < -0.39 is 0 Å². The minimum absolute atomic E-state index is 0.0791. The minimum atomic E-state index is -0.387. The van der Waals surface area contributed by atoms with Gasteiger partial charge in [-0.1, -0.05) is 17.7 Å². The normalized spacial score (nSPS) is 16.2. The van der Waals surface area contributed by atoms with Crippen molar-refractivity contribution in [1.29, 1.82) is 0 Å². The van der Waals surface area contributed by atoms with Crippen LogP contribution >= 0.6 is 11.6 Å². The molecule has 2 aromatic rings. The number of hydrogen-bond donors (Lipinski definition) is 2. The molecule has 0 spiro atoms. The first-order valence-corrected chi connectivity index (χ1v) is 9.87. The molecular weight excluding hydrogens is 395 g/mol. The molecule has 2 N–H and O–H groups in total. The summed E-state index contributed by atoms with van der Waals surface area (Å²) in [5.41, 5.74) is 1.15. The minimum Gasteiger partial charge on any atom is -0.325 e. The summed E-state index contributed by atoms with van der Waals surface area (Å²) in [6.07, 6.45) is 0. The second-order valence-corrected chi connectivity index (χ2v) is 7.48. The Hall–Kier alpha value is -2.48. The van der Waals surface area contributed by atoms with E-state index in [1.54, 1.807) is 36.4 Å². The first kappa shape index (κ1) is 21.2. The van der Waals surface area contributed by atoms with E-state index in [2.05, 4.69) is 15.5 Å². The lowest BCUT2D eigenvalue weighted by atomic mass is 10.2. The number of hydrogen-bond acceptors (Lipinski definition) is 4. The fourth-order valence-electron chi connectivity index (χ4n) is 3.22. The van der Waals surface area contributed by atoms with Crippen molar-refractivity contribution in [3.63, 3.8) is 0 Å². The second kappa shape index (κ2) is 9.82. The van der Waals surface area contributed by atoms with Crippen LogP contribution in [0.3, 0.4) is 0 Å². The van der Waals surface area contributed by atoms with E-state index in [0.29, 0.717) is 42.6 Å². The van der Waals surface area contributed by atoms with E-state index in [1.165, 1.54) is 12.1 Å². The van der Waals surface area contributed by atoms with Gasteiger partial charge in [0.15, 0.2) is 0 Å². The zero-order valence-electron chi connectivity index (χ0n) is 16.2. The average molecular weight is 419 g/mol. The van der Waals surface area contributed by atoms with Gasteiger partial charge in [0, 0.05) is 42.6 Å². The molecule has 6 nitrogen and oxygen atoms in total. The van der Waals surface area contributed by atoms with Crippen LogP contribution in [0.5, 0.6) is 0 Å². The third kappa shape index (κ3) is 6.25. The first-order chi connectivity index (χ1) is 13.9. The number of rotatable bonds is 6. The van der Waals surface area contributed by atoms with Crippen molar-refractivity contribution in [2.75, 3.05) is 43.4 Å². The molecule has 2 amide bonds. The Morgan fingerprint density at radius 3 is 2.38 bits per heavy atom. The van der Waals surface area contributed by atoms with E-state index in [0.717, 1.165) is 0 Å². The van der Waals surface area contributed by atoms with Crippen LogP contribution in [0.4, 0.5) is 15.8 Å². The highest BCUT2D eigenvalue weighted by atomic mass is 35.5. The molecule has 3 rings (SSSR count). The van der Waals surface area contributed by atoms with E-state index in [4.69, 9.17) is 11.6 Å². The molecule has 8 heteroatoms. The maximum Gasteiger partial charge on any atom is 0.241 e. The van der Waals surface area contributed by atoms with Gasteiger partial charge in [0.2, 0.25) is 11.8 Å².